The molecule has 3 aromatic rings. The molecular formula is C32H39N3O4S. The highest BCUT2D eigenvalue weighted by molar-refractivity contribution is 7.92. The Morgan fingerprint density at radius 1 is 0.875 bits per heavy atom. The van der Waals surface area contributed by atoms with Crippen molar-refractivity contribution in [3.63, 3.8) is 0 Å². The number of carbonyl (C=O) groups excluding carboxylic acids is 2. The zero-order chi connectivity index (χ0) is 28.9. The minimum absolute atomic E-state index is 0.101. The lowest BCUT2D eigenvalue weighted by Gasteiger charge is -2.32. The van der Waals surface area contributed by atoms with E-state index in [2.05, 4.69) is 5.32 Å². The van der Waals surface area contributed by atoms with Crippen molar-refractivity contribution in [3.8, 4) is 0 Å². The van der Waals surface area contributed by atoms with Gasteiger partial charge in [0, 0.05) is 12.6 Å². The molecule has 1 aliphatic carbocycles. The van der Waals surface area contributed by atoms with Crippen molar-refractivity contribution in [1.82, 2.24) is 10.2 Å². The summed E-state index contributed by atoms with van der Waals surface area (Å²) in [5.41, 5.74) is 4.15. The first kappa shape index (κ1) is 29.3. The standard InChI is InChI=1S/C32H39N3O4S/c1-23-12-16-27(17-13-23)21-34(26(4)32(37)33-28-9-5-6-10-28)31(36)22-35(29-11-7-8-25(3)20-29)40(38,39)30-18-14-24(2)15-19-30/h7-8,11-20,26,28H,5-6,9-10,21-22H2,1-4H3,(H,33,37)/t26-/m0/s1. The van der Waals surface area contributed by atoms with Crippen molar-refractivity contribution < 1.29 is 18.0 Å². The highest BCUT2D eigenvalue weighted by Crippen LogP contribution is 2.26. The van der Waals surface area contributed by atoms with E-state index in [4.69, 9.17) is 0 Å². The molecular weight excluding hydrogens is 522 g/mol. The van der Waals surface area contributed by atoms with E-state index in [0.29, 0.717) is 5.69 Å². The fourth-order valence-corrected chi connectivity index (χ4v) is 6.42. The molecule has 40 heavy (non-hydrogen) atoms. The number of nitrogens with one attached hydrogen (secondary N) is 1. The quantitative estimate of drug-likeness (QED) is 0.365. The third kappa shape index (κ3) is 7.10. The molecule has 0 aromatic heterocycles. The van der Waals surface area contributed by atoms with E-state index in [-0.39, 0.29) is 23.4 Å². The fourth-order valence-electron chi connectivity index (χ4n) is 5.01. The molecule has 0 heterocycles. The van der Waals surface area contributed by atoms with Crippen LogP contribution in [0.3, 0.4) is 0 Å². The summed E-state index contributed by atoms with van der Waals surface area (Å²) in [6.07, 6.45) is 4.02. The van der Waals surface area contributed by atoms with Crippen LogP contribution >= 0.6 is 0 Å². The fraction of sp³-hybridized carbons (Fsp3) is 0.375. The molecule has 1 saturated carbocycles. The van der Waals surface area contributed by atoms with Gasteiger partial charge in [-0.3, -0.25) is 13.9 Å². The summed E-state index contributed by atoms with van der Waals surface area (Å²) in [6.45, 7) is 7.21. The number of amides is 2. The molecule has 1 aliphatic rings. The van der Waals surface area contributed by atoms with Crippen molar-refractivity contribution >= 4 is 27.5 Å². The van der Waals surface area contributed by atoms with E-state index >= 15 is 0 Å². The van der Waals surface area contributed by atoms with Crippen molar-refractivity contribution in [1.29, 1.82) is 0 Å². The highest BCUT2D eigenvalue weighted by Gasteiger charge is 2.33. The molecule has 0 bridgehead atoms. The third-order valence-electron chi connectivity index (χ3n) is 7.52. The lowest BCUT2D eigenvalue weighted by atomic mass is 10.1. The van der Waals surface area contributed by atoms with Gasteiger partial charge in [0.1, 0.15) is 12.6 Å². The largest absolute Gasteiger partial charge is 0.352 e. The molecule has 212 valence electrons. The second-order valence-corrected chi connectivity index (χ2v) is 12.7. The summed E-state index contributed by atoms with van der Waals surface area (Å²) in [4.78, 5) is 28.9. The molecule has 0 saturated heterocycles. The van der Waals surface area contributed by atoms with Gasteiger partial charge in [0.2, 0.25) is 11.8 Å². The van der Waals surface area contributed by atoms with Gasteiger partial charge in [-0.25, -0.2) is 8.42 Å². The normalized spacial score (nSPS) is 14.5. The van der Waals surface area contributed by atoms with Gasteiger partial charge in [0.05, 0.1) is 10.6 Å². The Morgan fingerprint density at radius 2 is 1.48 bits per heavy atom. The van der Waals surface area contributed by atoms with E-state index in [1.165, 1.54) is 4.90 Å². The van der Waals surface area contributed by atoms with Crippen molar-refractivity contribution in [3.05, 3.63) is 95.1 Å². The first-order valence-corrected chi connectivity index (χ1v) is 15.3. The number of aryl methyl sites for hydroxylation is 3. The second kappa shape index (κ2) is 12.7. The van der Waals surface area contributed by atoms with Gasteiger partial charge < -0.3 is 10.2 Å². The zero-order valence-electron chi connectivity index (χ0n) is 23.8. The average molecular weight is 562 g/mol. The minimum Gasteiger partial charge on any atom is -0.352 e. The van der Waals surface area contributed by atoms with E-state index in [1.54, 1.807) is 49.4 Å². The molecule has 4 rings (SSSR count). The molecule has 8 heteroatoms. The Bertz CT molecular complexity index is 1430. The minimum atomic E-state index is -4.07. The maximum atomic E-state index is 14.0. The van der Waals surface area contributed by atoms with Crippen LogP contribution < -0.4 is 9.62 Å². The molecule has 1 fully saturated rings. The molecule has 2 amide bonds. The molecule has 0 unspecified atom stereocenters. The predicted molar refractivity (Wildman–Crippen MR) is 158 cm³/mol. The van der Waals surface area contributed by atoms with Crippen LogP contribution in [0.5, 0.6) is 0 Å². The van der Waals surface area contributed by atoms with Crippen molar-refractivity contribution in [2.75, 3.05) is 10.8 Å². The summed E-state index contributed by atoms with van der Waals surface area (Å²) in [6, 6.07) is 20.8. The number of rotatable bonds is 10. The van der Waals surface area contributed by atoms with Crippen LogP contribution in [-0.2, 0) is 26.2 Å². The Balaban J connectivity index is 1.68. The average Bonchev–Trinajstić information content (AvgIpc) is 3.44. The summed E-state index contributed by atoms with van der Waals surface area (Å²) in [5.74, 6) is -0.678. The number of hydrogen-bond acceptors (Lipinski definition) is 4. The smallest absolute Gasteiger partial charge is 0.264 e. The van der Waals surface area contributed by atoms with Crippen molar-refractivity contribution in [2.45, 2.75) is 76.9 Å². The van der Waals surface area contributed by atoms with Crippen LogP contribution in [-0.4, -0.2) is 43.8 Å². The number of carbonyl (C=O) groups is 2. The van der Waals surface area contributed by atoms with Gasteiger partial charge >= 0.3 is 0 Å². The van der Waals surface area contributed by atoms with Gasteiger partial charge in [0.25, 0.3) is 10.0 Å². The number of anilines is 1. The summed E-state index contributed by atoms with van der Waals surface area (Å²) in [5, 5.41) is 3.10. The zero-order valence-corrected chi connectivity index (χ0v) is 24.6. The van der Waals surface area contributed by atoms with E-state index < -0.39 is 28.5 Å². The first-order chi connectivity index (χ1) is 19.0. The number of benzene rings is 3. The van der Waals surface area contributed by atoms with Gasteiger partial charge in [-0.2, -0.15) is 0 Å². The van der Waals surface area contributed by atoms with E-state index in [9.17, 15) is 18.0 Å². The van der Waals surface area contributed by atoms with Gasteiger partial charge in [-0.1, -0.05) is 72.5 Å². The van der Waals surface area contributed by atoms with Crippen LogP contribution in [0, 0.1) is 20.8 Å². The molecule has 3 aromatic carbocycles. The van der Waals surface area contributed by atoms with Crippen LogP contribution in [0.25, 0.3) is 0 Å². The molecule has 7 nitrogen and oxygen atoms in total. The van der Waals surface area contributed by atoms with Crippen LogP contribution in [0.2, 0.25) is 0 Å². The predicted octanol–water partition coefficient (Wildman–Crippen LogP) is 5.28. The number of sulfonamides is 1. The molecule has 1 N–H and O–H groups in total. The maximum absolute atomic E-state index is 14.0. The van der Waals surface area contributed by atoms with Crippen LogP contribution in [0.4, 0.5) is 5.69 Å². The summed E-state index contributed by atoms with van der Waals surface area (Å²) >= 11 is 0. The Labute approximate surface area is 238 Å². The van der Waals surface area contributed by atoms with Crippen LogP contribution in [0.1, 0.15) is 54.9 Å². The monoisotopic (exact) mass is 561 g/mol. The maximum Gasteiger partial charge on any atom is 0.264 e. The van der Waals surface area contributed by atoms with E-state index in [0.717, 1.165) is 52.2 Å². The van der Waals surface area contributed by atoms with Gasteiger partial charge in [-0.05, 0) is 75.9 Å². The number of hydrogen-bond donors (Lipinski definition) is 1. The highest BCUT2D eigenvalue weighted by atomic mass is 32.2. The number of nitrogens with zero attached hydrogens (tertiary/aromatic N) is 2. The first-order valence-electron chi connectivity index (χ1n) is 13.9. The molecule has 0 radical (unpaired) electrons. The van der Waals surface area contributed by atoms with Gasteiger partial charge in [0.15, 0.2) is 0 Å². The van der Waals surface area contributed by atoms with Crippen molar-refractivity contribution in [2.24, 2.45) is 0 Å². The molecule has 1 atom stereocenters. The van der Waals surface area contributed by atoms with Crippen LogP contribution in [0.15, 0.2) is 77.7 Å². The topological polar surface area (TPSA) is 86.8 Å². The Morgan fingerprint density at radius 3 is 2.08 bits per heavy atom. The lowest BCUT2D eigenvalue weighted by Crippen LogP contribution is -2.52. The molecule has 0 aliphatic heterocycles. The molecule has 0 spiro atoms. The van der Waals surface area contributed by atoms with E-state index in [1.807, 2.05) is 51.1 Å². The Hall–Kier alpha value is -3.65. The lowest BCUT2D eigenvalue weighted by molar-refractivity contribution is -0.139. The summed E-state index contributed by atoms with van der Waals surface area (Å²) in [7, 11) is -4.07. The third-order valence-corrected chi connectivity index (χ3v) is 9.31. The SMILES string of the molecule is Cc1ccc(CN(C(=O)CN(c2cccc(C)c2)S(=O)(=O)c2ccc(C)cc2)[C@@H](C)C(=O)NC2CCCC2)cc1. The summed E-state index contributed by atoms with van der Waals surface area (Å²) < 4.78 is 29.0. The second-order valence-electron chi connectivity index (χ2n) is 10.8. The van der Waals surface area contributed by atoms with Gasteiger partial charge in [-0.15, -0.1) is 0 Å². The Kier molecular flexibility index (Phi) is 9.30.